The average molecular weight is 263 g/mol. The van der Waals surface area contributed by atoms with Gasteiger partial charge in [0.05, 0.1) is 0 Å². The van der Waals surface area contributed by atoms with Gasteiger partial charge in [0.15, 0.2) is 5.78 Å². The second-order valence-electron chi connectivity index (χ2n) is 5.58. The molecule has 1 saturated heterocycles. The first-order valence-electron chi connectivity index (χ1n) is 7.51. The number of Topliss-reactive ketones (excluding diaryl/α,β-unsaturated/α-hetero) is 1. The van der Waals surface area contributed by atoms with Crippen LogP contribution in [0.25, 0.3) is 0 Å². The Balaban J connectivity index is 2.25. The number of aryl methyl sites for hydroxylation is 1. The predicted molar refractivity (Wildman–Crippen MR) is 76.3 cm³/mol. The van der Waals surface area contributed by atoms with Crippen molar-refractivity contribution in [3.63, 3.8) is 0 Å². The first-order valence-corrected chi connectivity index (χ1v) is 7.51. The molecule has 0 amide bonds. The van der Waals surface area contributed by atoms with Crippen molar-refractivity contribution in [3.05, 3.63) is 18.0 Å². The van der Waals surface area contributed by atoms with E-state index in [1.807, 2.05) is 10.7 Å². The number of ketones is 1. The van der Waals surface area contributed by atoms with Crippen LogP contribution in [0.5, 0.6) is 0 Å². The normalized spacial score (nSPS) is 23.5. The molecule has 0 bridgehead atoms. The summed E-state index contributed by atoms with van der Waals surface area (Å²) in [5.41, 5.74) is 0.581. The highest BCUT2D eigenvalue weighted by atomic mass is 16.1. The van der Waals surface area contributed by atoms with E-state index in [2.05, 4.69) is 24.3 Å². The zero-order valence-electron chi connectivity index (χ0n) is 12.1. The van der Waals surface area contributed by atoms with Crippen molar-refractivity contribution in [2.24, 2.45) is 5.41 Å². The van der Waals surface area contributed by atoms with Crippen LogP contribution in [0.1, 0.15) is 56.4 Å². The lowest BCUT2D eigenvalue weighted by atomic mass is 9.72. The van der Waals surface area contributed by atoms with Crippen LogP contribution in [-0.4, -0.2) is 28.7 Å². The van der Waals surface area contributed by atoms with Gasteiger partial charge in [-0.05, 0) is 38.3 Å². The molecule has 1 unspecified atom stereocenters. The lowest BCUT2D eigenvalue weighted by Crippen LogP contribution is -2.46. The predicted octanol–water partition coefficient (Wildman–Crippen LogP) is 2.65. The van der Waals surface area contributed by atoms with Gasteiger partial charge in [0.25, 0.3) is 0 Å². The number of piperidine rings is 1. The maximum absolute atomic E-state index is 13.0. The van der Waals surface area contributed by atoms with Crippen LogP contribution in [0.4, 0.5) is 0 Å². The minimum absolute atomic E-state index is 0.210. The molecule has 0 spiro atoms. The molecule has 1 aromatic heterocycles. The monoisotopic (exact) mass is 263 g/mol. The molecule has 0 saturated carbocycles. The minimum atomic E-state index is -0.210. The molecule has 4 nitrogen and oxygen atoms in total. The van der Waals surface area contributed by atoms with Gasteiger partial charge < -0.3 is 5.32 Å². The summed E-state index contributed by atoms with van der Waals surface area (Å²) in [4.78, 5) is 13.0. The number of hydrogen-bond acceptors (Lipinski definition) is 3. The smallest absolute Gasteiger partial charge is 0.188 e. The molecule has 2 heterocycles. The third-order valence-electron chi connectivity index (χ3n) is 4.07. The van der Waals surface area contributed by atoms with E-state index < -0.39 is 0 Å². The Labute approximate surface area is 115 Å². The Morgan fingerprint density at radius 1 is 1.47 bits per heavy atom. The molecule has 1 N–H and O–H groups in total. The van der Waals surface area contributed by atoms with Gasteiger partial charge in [-0.2, -0.15) is 5.10 Å². The molecule has 0 aromatic carbocycles. The van der Waals surface area contributed by atoms with E-state index in [1.165, 1.54) is 0 Å². The number of nitrogens with one attached hydrogen (secondary N) is 1. The van der Waals surface area contributed by atoms with Crippen LogP contribution in [-0.2, 0) is 6.54 Å². The fourth-order valence-electron chi connectivity index (χ4n) is 3.15. The van der Waals surface area contributed by atoms with Gasteiger partial charge in [-0.15, -0.1) is 0 Å². The quantitative estimate of drug-likeness (QED) is 0.803. The Morgan fingerprint density at radius 3 is 2.95 bits per heavy atom. The molecule has 4 heteroatoms. The molecule has 0 aliphatic carbocycles. The van der Waals surface area contributed by atoms with E-state index >= 15 is 0 Å². The van der Waals surface area contributed by atoms with Crippen LogP contribution < -0.4 is 5.32 Å². The third kappa shape index (κ3) is 2.89. The average Bonchev–Trinajstić information content (AvgIpc) is 2.88. The number of hydrogen-bond donors (Lipinski definition) is 1. The summed E-state index contributed by atoms with van der Waals surface area (Å²) in [6, 6.07) is 1.88. The van der Waals surface area contributed by atoms with Crippen molar-refractivity contribution < 1.29 is 4.79 Å². The fourth-order valence-corrected chi connectivity index (χ4v) is 3.15. The molecule has 1 atom stereocenters. The summed E-state index contributed by atoms with van der Waals surface area (Å²) in [6.07, 6.45) is 6.86. The maximum atomic E-state index is 13.0. The van der Waals surface area contributed by atoms with Crippen molar-refractivity contribution in [1.82, 2.24) is 15.1 Å². The van der Waals surface area contributed by atoms with Gasteiger partial charge in [-0.1, -0.05) is 20.3 Å². The molecule has 1 aliphatic rings. The standard InChI is InChI=1S/C15H25N3O/c1-3-7-15(8-5-9-16-12-15)14(19)13-6-10-17-18(13)11-4-2/h6,10,16H,3-5,7-9,11-12H2,1-2H3. The van der Waals surface area contributed by atoms with Crippen molar-refractivity contribution in [2.75, 3.05) is 13.1 Å². The van der Waals surface area contributed by atoms with Crippen molar-refractivity contribution in [1.29, 1.82) is 0 Å². The zero-order valence-corrected chi connectivity index (χ0v) is 12.1. The minimum Gasteiger partial charge on any atom is -0.316 e. The van der Waals surface area contributed by atoms with E-state index in [-0.39, 0.29) is 11.2 Å². The second kappa shape index (κ2) is 6.33. The molecule has 1 fully saturated rings. The fraction of sp³-hybridized carbons (Fsp3) is 0.733. The summed E-state index contributed by atoms with van der Waals surface area (Å²) >= 11 is 0. The van der Waals surface area contributed by atoms with E-state index in [0.717, 1.165) is 57.4 Å². The van der Waals surface area contributed by atoms with Crippen LogP contribution >= 0.6 is 0 Å². The summed E-state index contributed by atoms with van der Waals surface area (Å²) in [5.74, 6) is 0.285. The highest BCUT2D eigenvalue weighted by Gasteiger charge is 2.40. The van der Waals surface area contributed by atoms with Gasteiger partial charge in [0.1, 0.15) is 5.69 Å². The number of aromatic nitrogens is 2. The van der Waals surface area contributed by atoms with Gasteiger partial charge >= 0.3 is 0 Å². The Hall–Kier alpha value is -1.16. The molecule has 2 rings (SSSR count). The topological polar surface area (TPSA) is 46.9 Å². The number of carbonyl (C=O) groups is 1. The van der Waals surface area contributed by atoms with E-state index in [0.29, 0.717) is 0 Å². The lowest BCUT2D eigenvalue weighted by Gasteiger charge is -2.36. The van der Waals surface area contributed by atoms with E-state index in [4.69, 9.17) is 0 Å². The number of nitrogens with zero attached hydrogens (tertiary/aromatic N) is 2. The number of carbonyl (C=O) groups excluding carboxylic acids is 1. The summed E-state index contributed by atoms with van der Waals surface area (Å²) in [6.45, 7) is 6.94. The largest absolute Gasteiger partial charge is 0.316 e. The van der Waals surface area contributed by atoms with E-state index in [1.54, 1.807) is 6.20 Å². The Kier molecular flexibility index (Phi) is 4.75. The van der Waals surface area contributed by atoms with Crippen molar-refractivity contribution in [2.45, 2.75) is 52.5 Å². The van der Waals surface area contributed by atoms with Crippen LogP contribution in [0, 0.1) is 5.41 Å². The van der Waals surface area contributed by atoms with Crippen molar-refractivity contribution >= 4 is 5.78 Å². The van der Waals surface area contributed by atoms with E-state index in [9.17, 15) is 4.79 Å². The van der Waals surface area contributed by atoms with Crippen LogP contribution in [0.3, 0.4) is 0 Å². The second-order valence-corrected chi connectivity index (χ2v) is 5.58. The van der Waals surface area contributed by atoms with Gasteiger partial charge in [0.2, 0.25) is 0 Å². The summed E-state index contributed by atoms with van der Waals surface area (Å²) < 4.78 is 1.87. The highest BCUT2D eigenvalue weighted by Crippen LogP contribution is 2.35. The third-order valence-corrected chi connectivity index (χ3v) is 4.07. The molecular weight excluding hydrogens is 238 g/mol. The zero-order chi connectivity index (χ0) is 13.7. The first-order chi connectivity index (χ1) is 9.23. The maximum Gasteiger partial charge on any atom is 0.188 e. The molecule has 0 radical (unpaired) electrons. The molecule has 1 aromatic rings. The molecule has 106 valence electrons. The molecule has 1 aliphatic heterocycles. The van der Waals surface area contributed by atoms with Gasteiger partial charge in [-0.3, -0.25) is 9.48 Å². The first kappa shape index (κ1) is 14.3. The molecular formula is C15H25N3O. The SMILES string of the molecule is CCCn1nccc1C(=O)C1(CCC)CCCNC1. The summed E-state index contributed by atoms with van der Waals surface area (Å²) in [7, 11) is 0. The highest BCUT2D eigenvalue weighted by molar-refractivity contribution is 5.99. The lowest BCUT2D eigenvalue weighted by molar-refractivity contribution is 0.0705. The van der Waals surface area contributed by atoms with Gasteiger partial charge in [-0.25, -0.2) is 0 Å². The van der Waals surface area contributed by atoms with Crippen LogP contribution in [0.15, 0.2) is 12.3 Å². The molecule has 19 heavy (non-hydrogen) atoms. The van der Waals surface area contributed by atoms with Gasteiger partial charge in [0, 0.05) is 24.7 Å². The number of rotatable bonds is 6. The van der Waals surface area contributed by atoms with Crippen molar-refractivity contribution in [3.8, 4) is 0 Å². The Morgan fingerprint density at radius 2 is 2.32 bits per heavy atom. The summed E-state index contributed by atoms with van der Waals surface area (Å²) in [5, 5.41) is 7.69. The van der Waals surface area contributed by atoms with Crippen LogP contribution in [0.2, 0.25) is 0 Å². The Bertz CT molecular complexity index is 413.